The van der Waals surface area contributed by atoms with Crippen LogP contribution in [0.15, 0.2) is 42.5 Å². The summed E-state index contributed by atoms with van der Waals surface area (Å²) in [6.45, 7) is 6.46. The number of carbonyl (C=O) groups excluding carboxylic acids is 1. The largest absolute Gasteiger partial charge is 0.497 e. The van der Waals surface area contributed by atoms with Crippen LogP contribution in [-0.2, 0) is 11.2 Å². The van der Waals surface area contributed by atoms with Crippen LogP contribution in [0.25, 0.3) is 0 Å². The number of anilines is 2. The van der Waals surface area contributed by atoms with Crippen molar-refractivity contribution in [1.29, 1.82) is 0 Å². The average molecular weight is 479 g/mol. The molecule has 1 amide bonds. The number of nitrogens with zero attached hydrogens (tertiary/aromatic N) is 3. The summed E-state index contributed by atoms with van der Waals surface area (Å²) in [7, 11) is 3.43. The molecule has 0 aliphatic carbocycles. The normalized spacial score (nSPS) is 22.2. The molecule has 2 fully saturated rings. The van der Waals surface area contributed by atoms with Crippen LogP contribution >= 0.6 is 0 Å². The van der Waals surface area contributed by atoms with Gasteiger partial charge in [0.25, 0.3) is 0 Å². The van der Waals surface area contributed by atoms with Gasteiger partial charge in [0, 0.05) is 44.5 Å². The van der Waals surface area contributed by atoms with Gasteiger partial charge < -0.3 is 29.5 Å². The van der Waals surface area contributed by atoms with Gasteiger partial charge in [0.15, 0.2) is 0 Å². The standard InChI is InChI=1S/C28H38N4O3/c1-34-22-11-10-21-18-23(28(33)29-12-15-30-13-6-3-7-14-30)26-20-31(16-17-32(26)25(21)19-22)24-8-4-5-9-27(24)35-2/h4-5,8-11,19,23,26H,3,6-7,12-18,20H2,1-2H3,(H,29,33)/t23-,26-/m0/s1. The molecule has 2 aromatic rings. The van der Waals surface area contributed by atoms with Crippen molar-refractivity contribution >= 4 is 17.3 Å². The van der Waals surface area contributed by atoms with E-state index < -0.39 is 0 Å². The highest BCUT2D eigenvalue weighted by Crippen LogP contribution is 2.40. The summed E-state index contributed by atoms with van der Waals surface area (Å²) in [4.78, 5) is 20.9. The van der Waals surface area contributed by atoms with Gasteiger partial charge in [-0.25, -0.2) is 0 Å². The number of nitrogens with one attached hydrogen (secondary N) is 1. The van der Waals surface area contributed by atoms with E-state index in [1.165, 1.54) is 30.5 Å². The quantitative estimate of drug-likeness (QED) is 0.660. The van der Waals surface area contributed by atoms with Crippen molar-refractivity contribution in [3.05, 3.63) is 48.0 Å². The molecule has 5 rings (SSSR count). The highest BCUT2D eigenvalue weighted by atomic mass is 16.5. The second-order valence-corrected chi connectivity index (χ2v) is 9.88. The number of fused-ring (bicyclic) bond motifs is 3. The van der Waals surface area contributed by atoms with E-state index in [9.17, 15) is 4.79 Å². The number of carbonyl (C=O) groups is 1. The minimum Gasteiger partial charge on any atom is -0.497 e. The number of benzene rings is 2. The van der Waals surface area contributed by atoms with Crippen LogP contribution < -0.4 is 24.6 Å². The van der Waals surface area contributed by atoms with Crippen LogP contribution in [0.1, 0.15) is 24.8 Å². The molecule has 2 atom stereocenters. The van der Waals surface area contributed by atoms with Gasteiger partial charge in [0.05, 0.1) is 31.9 Å². The number of hydrogen-bond donors (Lipinski definition) is 1. The molecule has 188 valence electrons. The van der Waals surface area contributed by atoms with E-state index >= 15 is 0 Å². The predicted molar refractivity (Wildman–Crippen MR) is 140 cm³/mol. The minimum atomic E-state index is -0.102. The van der Waals surface area contributed by atoms with Crippen molar-refractivity contribution < 1.29 is 14.3 Å². The summed E-state index contributed by atoms with van der Waals surface area (Å²) in [5, 5.41) is 3.29. The van der Waals surface area contributed by atoms with Gasteiger partial charge in [-0.3, -0.25) is 4.79 Å². The molecule has 7 heteroatoms. The smallest absolute Gasteiger partial charge is 0.225 e. The minimum absolute atomic E-state index is 0.0863. The summed E-state index contributed by atoms with van der Waals surface area (Å²) in [6, 6.07) is 14.5. The first-order valence-corrected chi connectivity index (χ1v) is 13.0. The number of piperidine rings is 1. The third-order valence-electron chi connectivity index (χ3n) is 7.86. The molecule has 35 heavy (non-hydrogen) atoms. The fraction of sp³-hybridized carbons (Fsp3) is 0.536. The molecule has 0 bridgehead atoms. The molecule has 0 saturated carbocycles. The molecule has 1 N–H and O–H groups in total. The zero-order valence-electron chi connectivity index (χ0n) is 21.0. The molecule has 3 heterocycles. The maximum Gasteiger partial charge on any atom is 0.225 e. The van der Waals surface area contributed by atoms with E-state index in [0.717, 1.165) is 62.9 Å². The molecule has 0 spiro atoms. The summed E-state index contributed by atoms with van der Waals surface area (Å²) < 4.78 is 11.2. The monoisotopic (exact) mass is 478 g/mol. The predicted octanol–water partition coefficient (Wildman–Crippen LogP) is 3.17. The lowest BCUT2D eigenvalue weighted by Gasteiger charge is -2.49. The van der Waals surface area contributed by atoms with Crippen LogP contribution in [0.3, 0.4) is 0 Å². The van der Waals surface area contributed by atoms with Crippen LogP contribution in [0, 0.1) is 5.92 Å². The van der Waals surface area contributed by atoms with Crippen LogP contribution in [-0.4, -0.2) is 76.9 Å². The Morgan fingerprint density at radius 2 is 1.80 bits per heavy atom. The lowest BCUT2D eigenvalue weighted by atomic mass is 9.83. The molecule has 0 aromatic heterocycles. The molecule has 3 aliphatic rings. The summed E-state index contributed by atoms with van der Waals surface area (Å²) in [5.74, 6) is 1.80. The molecule has 7 nitrogen and oxygen atoms in total. The second-order valence-electron chi connectivity index (χ2n) is 9.88. The SMILES string of the molecule is COc1ccc2c(c1)N1CCN(c3ccccc3OC)C[C@H]1[C@@H](C(=O)NCCN1CCCCC1)C2. The van der Waals surface area contributed by atoms with Gasteiger partial charge in [0.1, 0.15) is 11.5 Å². The highest BCUT2D eigenvalue weighted by Gasteiger charge is 2.42. The van der Waals surface area contributed by atoms with Crippen LogP contribution in [0.5, 0.6) is 11.5 Å². The number of amides is 1. The third kappa shape index (κ3) is 5.06. The number of ether oxygens (including phenoxy) is 2. The van der Waals surface area contributed by atoms with Crippen molar-refractivity contribution in [2.45, 2.75) is 31.7 Å². The van der Waals surface area contributed by atoms with Crippen LogP contribution in [0.2, 0.25) is 0 Å². The maximum absolute atomic E-state index is 13.6. The Hall–Kier alpha value is -2.93. The number of likely N-dealkylation sites (tertiary alicyclic amines) is 1. The molecule has 3 aliphatic heterocycles. The summed E-state index contributed by atoms with van der Waals surface area (Å²) in [6.07, 6.45) is 4.62. The average Bonchev–Trinajstić information content (AvgIpc) is 2.92. The van der Waals surface area contributed by atoms with Crippen molar-refractivity contribution in [2.75, 3.05) is 69.8 Å². The van der Waals surface area contributed by atoms with E-state index in [0.29, 0.717) is 6.54 Å². The van der Waals surface area contributed by atoms with E-state index in [2.05, 4.69) is 44.3 Å². The van der Waals surface area contributed by atoms with Crippen molar-refractivity contribution in [3.63, 3.8) is 0 Å². The molecule has 2 aromatic carbocycles. The van der Waals surface area contributed by atoms with Gasteiger partial charge in [0.2, 0.25) is 5.91 Å². The van der Waals surface area contributed by atoms with E-state index in [1.807, 2.05) is 18.2 Å². The number of rotatable bonds is 7. The first-order chi connectivity index (χ1) is 17.2. The Balaban J connectivity index is 1.36. The number of methoxy groups -OCH3 is 2. The Labute approximate surface area is 209 Å². The molecule has 0 unspecified atom stereocenters. The zero-order valence-corrected chi connectivity index (χ0v) is 21.0. The van der Waals surface area contributed by atoms with Crippen molar-refractivity contribution in [2.24, 2.45) is 5.92 Å². The van der Waals surface area contributed by atoms with E-state index in [-0.39, 0.29) is 17.9 Å². The van der Waals surface area contributed by atoms with Gasteiger partial charge in [-0.1, -0.05) is 24.6 Å². The van der Waals surface area contributed by atoms with E-state index in [4.69, 9.17) is 9.47 Å². The summed E-state index contributed by atoms with van der Waals surface area (Å²) in [5.41, 5.74) is 3.52. The topological polar surface area (TPSA) is 57.3 Å². The number of piperazine rings is 1. The number of para-hydroxylation sites is 2. The first kappa shape index (κ1) is 23.8. The Bertz CT molecular complexity index is 1020. The fourth-order valence-corrected chi connectivity index (χ4v) is 5.97. The maximum atomic E-state index is 13.6. The van der Waals surface area contributed by atoms with E-state index in [1.54, 1.807) is 14.2 Å². The molecular weight excluding hydrogens is 440 g/mol. The lowest BCUT2D eigenvalue weighted by molar-refractivity contribution is -0.125. The second kappa shape index (κ2) is 10.8. The van der Waals surface area contributed by atoms with Crippen molar-refractivity contribution in [3.8, 4) is 11.5 Å². The molecular formula is C28H38N4O3. The van der Waals surface area contributed by atoms with Crippen molar-refractivity contribution in [1.82, 2.24) is 10.2 Å². The Morgan fingerprint density at radius 1 is 0.971 bits per heavy atom. The Kier molecular flexibility index (Phi) is 7.32. The highest BCUT2D eigenvalue weighted by molar-refractivity contribution is 5.82. The summed E-state index contributed by atoms with van der Waals surface area (Å²) >= 11 is 0. The van der Waals surface area contributed by atoms with Gasteiger partial charge >= 0.3 is 0 Å². The fourth-order valence-electron chi connectivity index (χ4n) is 5.97. The zero-order chi connectivity index (χ0) is 24.2. The molecule has 2 saturated heterocycles. The van der Waals surface area contributed by atoms with Gasteiger partial charge in [-0.05, 0) is 56.1 Å². The first-order valence-electron chi connectivity index (χ1n) is 13.0. The number of hydrogen-bond acceptors (Lipinski definition) is 6. The third-order valence-corrected chi connectivity index (χ3v) is 7.86. The van der Waals surface area contributed by atoms with Gasteiger partial charge in [-0.2, -0.15) is 0 Å². The Morgan fingerprint density at radius 3 is 2.60 bits per heavy atom. The lowest BCUT2D eigenvalue weighted by Crippen LogP contribution is -2.61. The molecule has 0 radical (unpaired) electrons. The van der Waals surface area contributed by atoms with Crippen LogP contribution in [0.4, 0.5) is 11.4 Å². The van der Waals surface area contributed by atoms with Gasteiger partial charge in [-0.15, -0.1) is 0 Å².